The maximum absolute atomic E-state index is 13.5. The second-order valence-electron chi connectivity index (χ2n) is 4.65. The largest absolute Gasteiger partial charge is 0.478 e. The van der Waals surface area contributed by atoms with Gasteiger partial charge in [-0.15, -0.1) is 0 Å². The highest BCUT2D eigenvalue weighted by Gasteiger charge is 2.25. The Morgan fingerprint density at radius 2 is 2.20 bits per heavy atom. The van der Waals surface area contributed by atoms with Gasteiger partial charge in [-0.05, 0) is 25.5 Å². The molecule has 1 atom stereocenters. The first kappa shape index (κ1) is 14.3. The van der Waals surface area contributed by atoms with Crippen molar-refractivity contribution in [3.05, 3.63) is 30.1 Å². The van der Waals surface area contributed by atoms with E-state index in [9.17, 15) is 14.0 Å². The second kappa shape index (κ2) is 6.36. The molecular formula is C14H17FN2O3. The van der Waals surface area contributed by atoms with Gasteiger partial charge in [0.05, 0.1) is 6.54 Å². The SMILES string of the molecule is CC(Oc1ccccc1F)C(=O)N1CCCNC(=O)C1. The summed E-state index contributed by atoms with van der Waals surface area (Å²) in [5, 5.41) is 2.69. The molecule has 2 rings (SSSR count). The maximum atomic E-state index is 13.5. The lowest BCUT2D eigenvalue weighted by molar-refractivity contribution is -0.140. The fourth-order valence-electron chi connectivity index (χ4n) is 2.03. The van der Waals surface area contributed by atoms with E-state index in [1.807, 2.05) is 0 Å². The molecule has 20 heavy (non-hydrogen) atoms. The third kappa shape index (κ3) is 3.46. The molecule has 0 aromatic heterocycles. The van der Waals surface area contributed by atoms with Crippen LogP contribution in [0.25, 0.3) is 0 Å². The normalized spacial score (nSPS) is 17.1. The summed E-state index contributed by atoms with van der Waals surface area (Å²) in [6.07, 6.45) is -0.137. The Labute approximate surface area is 116 Å². The zero-order chi connectivity index (χ0) is 14.5. The van der Waals surface area contributed by atoms with Crippen LogP contribution in [0.4, 0.5) is 4.39 Å². The summed E-state index contributed by atoms with van der Waals surface area (Å²) in [5.74, 6) is -0.979. The number of nitrogens with one attached hydrogen (secondary N) is 1. The molecule has 1 saturated heterocycles. The highest BCUT2D eigenvalue weighted by molar-refractivity contribution is 5.87. The van der Waals surface area contributed by atoms with Crippen molar-refractivity contribution in [3.8, 4) is 5.75 Å². The summed E-state index contributed by atoms with van der Waals surface area (Å²) in [5.41, 5.74) is 0. The maximum Gasteiger partial charge on any atom is 0.263 e. The smallest absolute Gasteiger partial charge is 0.263 e. The van der Waals surface area contributed by atoms with Crippen LogP contribution in [0.2, 0.25) is 0 Å². The van der Waals surface area contributed by atoms with Crippen LogP contribution in [0.3, 0.4) is 0 Å². The highest BCUT2D eigenvalue weighted by Crippen LogP contribution is 2.17. The van der Waals surface area contributed by atoms with Crippen molar-refractivity contribution in [2.75, 3.05) is 19.6 Å². The fourth-order valence-corrected chi connectivity index (χ4v) is 2.03. The highest BCUT2D eigenvalue weighted by atomic mass is 19.1. The van der Waals surface area contributed by atoms with Crippen LogP contribution in [0.5, 0.6) is 5.75 Å². The van der Waals surface area contributed by atoms with Gasteiger partial charge in [0.25, 0.3) is 5.91 Å². The van der Waals surface area contributed by atoms with Crippen LogP contribution < -0.4 is 10.1 Å². The van der Waals surface area contributed by atoms with Gasteiger partial charge in [-0.3, -0.25) is 9.59 Å². The summed E-state index contributed by atoms with van der Waals surface area (Å²) >= 11 is 0. The third-order valence-corrected chi connectivity index (χ3v) is 3.06. The quantitative estimate of drug-likeness (QED) is 0.896. The van der Waals surface area contributed by atoms with E-state index in [1.165, 1.54) is 17.0 Å². The lowest BCUT2D eigenvalue weighted by Gasteiger charge is -2.23. The molecule has 2 amide bonds. The predicted molar refractivity (Wildman–Crippen MR) is 70.7 cm³/mol. The Morgan fingerprint density at radius 3 is 2.95 bits per heavy atom. The summed E-state index contributed by atoms with van der Waals surface area (Å²) < 4.78 is 18.8. The van der Waals surface area contributed by atoms with Crippen molar-refractivity contribution in [2.45, 2.75) is 19.4 Å². The third-order valence-electron chi connectivity index (χ3n) is 3.06. The number of halogens is 1. The van der Waals surface area contributed by atoms with Gasteiger partial charge in [0.2, 0.25) is 5.91 Å². The van der Waals surface area contributed by atoms with Crippen LogP contribution in [0.1, 0.15) is 13.3 Å². The second-order valence-corrected chi connectivity index (χ2v) is 4.65. The minimum Gasteiger partial charge on any atom is -0.478 e. The summed E-state index contributed by atoms with van der Waals surface area (Å²) in [7, 11) is 0. The average Bonchev–Trinajstić information content (AvgIpc) is 2.65. The van der Waals surface area contributed by atoms with E-state index >= 15 is 0 Å². The number of hydrogen-bond donors (Lipinski definition) is 1. The molecule has 0 bridgehead atoms. The molecule has 0 saturated carbocycles. The number of rotatable bonds is 3. The Morgan fingerprint density at radius 1 is 1.45 bits per heavy atom. The molecule has 0 spiro atoms. The predicted octanol–water partition coefficient (Wildman–Crippen LogP) is 0.942. The molecule has 1 unspecified atom stereocenters. The monoisotopic (exact) mass is 280 g/mol. The van der Waals surface area contributed by atoms with Crippen molar-refractivity contribution in [1.29, 1.82) is 0 Å². The van der Waals surface area contributed by atoms with Gasteiger partial charge in [-0.25, -0.2) is 4.39 Å². The molecule has 1 aromatic rings. The number of carbonyl (C=O) groups excluding carboxylic acids is 2. The lowest BCUT2D eigenvalue weighted by atomic mass is 10.3. The Hall–Kier alpha value is -2.11. The molecular weight excluding hydrogens is 263 g/mol. The van der Waals surface area contributed by atoms with Crippen LogP contribution in [-0.2, 0) is 9.59 Å². The van der Waals surface area contributed by atoms with E-state index < -0.39 is 11.9 Å². The number of nitrogens with zero attached hydrogens (tertiary/aromatic N) is 1. The molecule has 1 heterocycles. The molecule has 1 fully saturated rings. The van der Waals surface area contributed by atoms with Crippen molar-refractivity contribution < 1.29 is 18.7 Å². The average molecular weight is 280 g/mol. The minimum absolute atomic E-state index is 0.0177. The first-order chi connectivity index (χ1) is 9.58. The molecule has 108 valence electrons. The topological polar surface area (TPSA) is 58.6 Å². The van der Waals surface area contributed by atoms with E-state index in [-0.39, 0.29) is 24.1 Å². The number of ether oxygens (including phenoxy) is 1. The zero-order valence-corrected chi connectivity index (χ0v) is 11.3. The Bertz CT molecular complexity index is 507. The van der Waals surface area contributed by atoms with Gasteiger partial charge >= 0.3 is 0 Å². The van der Waals surface area contributed by atoms with Gasteiger partial charge in [-0.1, -0.05) is 12.1 Å². The molecule has 6 heteroatoms. The minimum atomic E-state index is -0.835. The Balaban J connectivity index is 2.01. The first-order valence-electron chi connectivity index (χ1n) is 6.54. The van der Waals surface area contributed by atoms with E-state index in [1.54, 1.807) is 19.1 Å². The van der Waals surface area contributed by atoms with Crippen molar-refractivity contribution >= 4 is 11.8 Å². The van der Waals surface area contributed by atoms with Crippen molar-refractivity contribution in [2.24, 2.45) is 0 Å². The van der Waals surface area contributed by atoms with E-state index in [0.29, 0.717) is 19.5 Å². The van der Waals surface area contributed by atoms with E-state index in [2.05, 4.69) is 5.32 Å². The number of para-hydroxylation sites is 1. The van der Waals surface area contributed by atoms with Gasteiger partial charge in [0.1, 0.15) is 0 Å². The first-order valence-corrected chi connectivity index (χ1v) is 6.54. The van der Waals surface area contributed by atoms with Crippen LogP contribution in [-0.4, -0.2) is 42.5 Å². The Kier molecular flexibility index (Phi) is 4.55. The standard InChI is InChI=1S/C14H17FN2O3/c1-10(20-12-6-3-2-5-11(12)15)14(19)17-8-4-7-16-13(18)9-17/h2-3,5-6,10H,4,7-9H2,1H3,(H,16,18). The summed E-state index contributed by atoms with van der Waals surface area (Å²) in [4.78, 5) is 25.1. The number of carbonyl (C=O) groups is 2. The van der Waals surface area contributed by atoms with E-state index in [0.717, 1.165) is 0 Å². The molecule has 1 aromatic carbocycles. The van der Waals surface area contributed by atoms with Crippen LogP contribution in [0.15, 0.2) is 24.3 Å². The van der Waals surface area contributed by atoms with Gasteiger partial charge in [0, 0.05) is 13.1 Å². The molecule has 1 N–H and O–H groups in total. The van der Waals surface area contributed by atoms with Crippen LogP contribution >= 0.6 is 0 Å². The van der Waals surface area contributed by atoms with Crippen molar-refractivity contribution in [1.82, 2.24) is 10.2 Å². The summed E-state index contributed by atoms with van der Waals surface area (Å²) in [6.45, 7) is 2.62. The summed E-state index contributed by atoms with van der Waals surface area (Å²) in [6, 6.07) is 5.92. The number of benzene rings is 1. The van der Waals surface area contributed by atoms with Gasteiger partial charge < -0.3 is 15.0 Å². The lowest BCUT2D eigenvalue weighted by Crippen LogP contribution is -2.43. The number of amides is 2. The molecule has 5 nitrogen and oxygen atoms in total. The van der Waals surface area contributed by atoms with Crippen LogP contribution in [0, 0.1) is 5.82 Å². The number of hydrogen-bond acceptors (Lipinski definition) is 3. The molecule has 0 radical (unpaired) electrons. The molecule has 1 aliphatic heterocycles. The van der Waals surface area contributed by atoms with Gasteiger partial charge in [0.15, 0.2) is 17.7 Å². The molecule has 0 aliphatic carbocycles. The van der Waals surface area contributed by atoms with Gasteiger partial charge in [-0.2, -0.15) is 0 Å². The molecule has 1 aliphatic rings. The van der Waals surface area contributed by atoms with Crippen molar-refractivity contribution in [3.63, 3.8) is 0 Å². The van der Waals surface area contributed by atoms with E-state index in [4.69, 9.17) is 4.74 Å². The zero-order valence-electron chi connectivity index (χ0n) is 11.3. The fraction of sp³-hybridized carbons (Fsp3) is 0.429.